The lowest BCUT2D eigenvalue weighted by Gasteiger charge is -2.46. The molecule has 1 saturated carbocycles. The lowest BCUT2D eigenvalue weighted by molar-refractivity contribution is 0.0480. The Kier molecular flexibility index (Phi) is 4.48. The molecular weight excluding hydrogens is 308 g/mol. The van der Waals surface area contributed by atoms with Crippen LogP contribution in [0.4, 0.5) is 5.69 Å². The molecule has 0 spiro atoms. The second-order valence-electron chi connectivity index (χ2n) is 7.33. The topological polar surface area (TPSA) is 32.3 Å². The number of fused-ring (bicyclic) bond motifs is 1. The van der Waals surface area contributed by atoms with E-state index in [-0.39, 0.29) is 18.1 Å². The lowest BCUT2D eigenvalue weighted by atomic mass is 9.84. The molecule has 2 atom stereocenters. The molecule has 130 valence electrons. The maximum atomic E-state index is 13.4. The minimum absolute atomic E-state index is 0.0569. The van der Waals surface area contributed by atoms with Crippen molar-refractivity contribution in [2.24, 2.45) is 5.92 Å². The fourth-order valence-electron chi connectivity index (χ4n) is 4.39. The van der Waals surface area contributed by atoms with Gasteiger partial charge in [-0.25, -0.2) is 0 Å². The molecule has 0 radical (unpaired) electrons. The number of benzene rings is 2. The first kappa shape index (κ1) is 16.2. The van der Waals surface area contributed by atoms with E-state index in [2.05, 4.69) is 41.4 Å². The van der Waals surface area contributed by atoms with E-state index in [1.807, 2.05) is 30.3 Å². The Labute approximate surface area is 150 Å². The molecule has 1 aliphatic carbocycles. The molecule has 3 heteroatoms. The quantitative estimate of drug-likeness (QED) is 0.834. The number of rotatable bonds is 3. The van der Waals surface area contributed by atoms with Crippen molar-refractivity contribution in [2.45, 2.75) is 51.2 Å². The molecule has 0 bridgehead atoms. The summed E-state index contributed by atoms with van der Waals surface area (Å²) in [5.41, 5.74) is 2.97. The van der Waals surface area contributed by atoms with E-state index >= 15 is 0 Å². The van der Waals surface area contributed by atoms with Gasteiger partial charge in [-0.1, -0.05) is 61.7 Å². The molecule has 4 rings (SSSR count). The van der Waals surface area contributed by atoms with E-state index in [1.165, 1.54) is 37.7 Å². The summed E-state index contributed by atoms with van der Waals surface area (Å²) in [5.74, 6) is 0.679. The highest BCUT2D eigenvalue weighted by Crippen LogP contribution is 2.38. The number of carbonyl (C=O) groups is 1. The monoisotopic (exact) mass is 334 g/mol. The highest BCUT2D eigenvalue weighted by atomic mass is 16.2. The van der Waals surface area contributed by atoms with Crippen LogP contribution in [0.1, 0.15) is 61.0 Å². The van der Waals surface area contributed by atoms with Gasteiger partial charge >= 0.3 is 0 Å². The number of nitrogens with zero attached hydrogens (tertiary/aromatic N) is 1. The van der Waals surface area contributed by atoms with Crippen LogP contribution in [0.25, 0.3) is 0 Å². The van der Waals surface area contributed by atoms with Crippen LogP contribution in [0.2, 0.25) is 0 Å². The molecule has 2 aliphatic rings. The fraction of sp³-hybridized carbons (Fsp3) is 0.409. The maximum Gasteiger partial charge on any atom is 0.258 e. The Hall–Kier alpha value is -2.29. The smallest absolute Gasteiger partial charge is 0.258 e. The molecule has 0 aromatic heterocycles. The summed E-state index contributed by atoms with van der Waals surface area (Å²) in [5, 5.41) is 3.70. The van der Waals surface area contributed by atoms with Crippen molar-refractivity contribution < 1.29 is 4.79 Å². The van der Waals surface area contributed by atoms with Crippen molar-refractivity contribution in [1.29, 1.82) is 0 Å². The molecule has 1 N–H and O–H groups in total. The van der Waals surface area contributed by atoms with Crippen molar-refractivity contribution in [3.63, 3.8) is 0 Å². The number of nitrogens with one attached hydrogen (secondary N) is 1. The predicted molar refractivity (Wildman–Crippen MR) is 101 cm³/mol. The van der Waals surface area contributed by atoms with E-state index in [9.17, 15) is 4.79 Å². The van der Waals surface area contributed by atoms with Crippen LogP contribution >= 0.6 is 0 Å². The van der Waals surface area contributed by atoms with Gasteiger partial charge in [0.15, 0.2) is 0 Å². The third-order valence-corrected chi connectivity index (χ3v) is 5.79. The van der Waals surface area contributed by atoms with Crippen LogP contribution in [0.15, 0.2) is 54.6 Å². The van der Waals surface area contributed by atoms with Crippen LogP contribution in [-0.4, -0.2) is 17.0 Å². The zero-order valence-electron chi connectivity index (χ0n) is 14.8. The lowest BCUT2D eigenvalue weighted by Crippen LogP contribution is -2.53. The SMILES string of the molecule is C[C@@H](c1ccccc1)N1C(=O)c2ccccc2N[C@H]1C1CCCCC1. The zero-order chi connectivity index (χ0) is 17.2. The van der Waals surface area contributed by atoms with Gasteiger partial charge < -0.3 is 10.2 Å². The highest BCUT2D eigenvalue weighted by Gasteiger charge is 2.39. The number of hydrogen-bond donors (Lipinski definition) is 1. The number of para-hydroxylation sites is 1. The fourth-order valence-corrected chi connectivity index (χ4v) is 4.39. The molecule has 2 aromatic rings. The standard InChI is InChI=1S/C22H26N2O/c1-16(17-10-4-2-5-11-17)24-21(18-12-6-3-7-13-18)23-20-15-9-8-14-19(20)22(24)25/h2,4-5,8-11,14-16,18,21,23H,3,6-7,12-13H2,1H3/t16-,21+/m0/s1. The molecule has 3 nitrogen and oxygen atoms in total. The molecule has 0 saturated heterocycles. The first-order valence-corrected chi connectivity index (χ1v) is 9.49. The number of hydrogen-bond acceptors (Lipinski definition) is 2. The average molecular weight is 334 g/mol. The summed E-state index contributed by atoms with van der Waals surface area (Å²) >= 11 is 0. The molecule has 25 heavy (non-hydrogen) atoms. The third-order valence-electron chi connectivity index (χ3n) is 5.79. The van der Waals surface area contributed by atoms with E-state index < -0.39 is 0 Å². The van der Waals surface area contributed by atoms with Gasteiger partial charge in [0.1, 0.15) is 6.17 Å². The Morgan fingerprint density at radius 3 is 2.40 bits per heavy atom. The maximum absolute atomic E-state index is 13.4. The van der Waals surface area contributed by atoms with E-state index in [4.69, 9.17) is 0 Å². The molecule has 0 unspecified atom stereocenters. The van der Waals surface area contributed by atoms with E-state index in [0.717, 1.165) is 11.3 Å². The van der Waals surface area contributed by atoms with Crippen molar-refractivity contribution in [1.82, 2.24) is 4.90 Å². The Morgan fingerprint density at radius 1 is 0.960 bits per heavy atom. The van der Waals surface area contributed by atoms with Crippen LogP contribution in [0.3, 0.4) is 0 Å². The Bertz CT molecular complexity index is 737. The first-order valence-electron chi connectivity index (χ1n) is 9.49. The molecule has 1 aliphatic heterocycles. The van der Waals surface area contributed by atoms with Gasteiger partial charge in [-0.2, -0.15) is 0 Å². The van der Waals surface area contributed by atoms with Gasteiger partial charge in [0.2, 0.25) is 0 Å². The second kappa shape index (κ2) is 6.91. The molecule has 1 amide bonds. The van der Waals surface area contributed by atoms with Crippen LogP contribution in [0.5, 0.6) is 0 Å². The minimum Gasteiger partial charge on any atom is -0.364 e. The van der Waals surface area contributed by atoms with E-state index in [0.29, 0.717) is 5.92 Å². The van der Waals surface area contributed by atoms with Crippen molar-refractivity contribution in [3.8, 4) is 0 Å². The molecular formula is C22H26N2O. The zero-order valence-corrected chi connectivity index (χ0v) is 14.8. The summed E-state index contributed by atoms with van der Waals surface area (Å²) in [4.78, 5) is 15.5. The summed E-state index contributed by atoms with van der Waals surface area (Å²) < 4.78 is 0. The van der Waals surface area contributed by atoms with Gasteiger partial charge in [-0.05, 0) is 43.4 Å². The number of carbonyl (C=O) groups excluding carboxylic acids is 1. The van der Waals surface area contributed by atoms with Crippen LogP contribution in [-0.2, 0) is 0 Å². The van der Waals surface area contributed by atoms with Crippen LogP contribution in [0, 0.1) is 5.92 Å². The average Bonchev–Trinajstić information content (AvgIpc) is 2.69. The van der Waals surface area contributed by atoms with Gasteiger partial charge in [-0.15, -0.1) is 0 Å². The van der Waals surface area contributed by atoms with E-state index in [1.54, 1.807) is 0 Å². The Balaban J connectivity index is 1.72. The summed E-state index contributed by atoms with van der Waals surface area (Å²) in [7, 11) is 0. The normalized spacial score (nSPS) is 22.2. The van der Waals surface area contributed by atoms with Crippen molar-refractivity contribution in [2.75, 3.05) is 5.32 Å². The second-order valence-corrected chi connectivity index (χ2v) is 7.33. The van der Waals surface area contributed by atoms with Gasteiger partial charge in [-0.3, -0.25) is 4.79 Å². The van der Waals surface area contributed by atoms with Gasteiger partial charge in [0, 0.05) is 5.69 Å². The largest absolute Gasteiger partial charge is 0.364 e. The minimum atomic E-state index is 0.0569. The van der Waals surface area contributed by atoms with Crippen LogP contribution < -0.4 is 5.32 Å². The third kappa shape index (κ3) is 3.04. The van der Waals surface area contributed by atoms with Crippen molar-refractivity contribution in [3.05, 3.63) is 65.7 Å². The molecule has 1 heterocycles. The Morgan fingerprint density at radius 2 is 1.64 bits per heavy atom. The predicted octanol–water partition coefficient (Wildman–Crippen LogP) is 5.22. The number of anilines is 1. The molecule has 2 aromatic carbocycles. The summed E-state index contributed by atoms with van der Waals surface area (Å²) in [6.45, 7) is 2.15. The number of amides is 1. The van der Waals surface area contributed by atoms with Gasteiger partial charge in [0.25, 0.3) is 5.91 Å². The van der Waals surface area contributed by atoms with Gasteiger partial charge in [0.05, 0.1) is 11.6 Å². The molecule has 1 fully saturated rings. The summed E-state index contributed by atoms with van der Waals surface area (Å²) in [6.07, 6.45) is 6.34. The first-order chi connectivity index (χ1) is 12.3. The summed E-state index contributed by atoms with van der Waals surface area (Å²) in [6, 6.07) is 18.4. The highest BCUT2D eigenvalue weighted by molar-refractivity contribution is 6.01. The van der Waals surface area contributed by atoms with Crippen molar-refractivity contribution >= 4 is 11.6 Å².